The minimum Gasteiger partial charge on any atom is -0.480 e. The molecule has 0 unspecified atom stereocenters. The number of amides is 5. The smallest absolute Gasteiger partial charge is 0.326 e. The van der Waals surface area contributed by atoms with Gasteiger partial charge < -0.3 is 48.1 Å². The number of aromatic amines is 1. The lowest BCUT2D eigenvalue weighted by molar-refractivity contribution is -0.143. The van der Waals surface area contributed by atoms with Crippen molar-refractivity contribution >= 4 is 46.4 Å². The third-order valence-electron chi connectivity index (χ3n) is 9.19. The van der Waals surface area contributed by atoms with Gasteiger partial charge in [0, 0.05) is 23.5 Å². The van der Waals surface area contributed by atoms with Crippen molar-refractivity contribution < 1.29 is 33.9 Å². The molecule has 15 nitrogen and oxygen atoms in total. The zero-order valence-electron chi connectivity index (χ0n) is 31.6. The van der Waals surface area contributed by atoms with Gasteiger partial charge in [-0.05, 0) is 68.5 Å². The summed E-state index contributed by atoms with van der Waals surface area (Å²) < 4.78 is 0. The highest BCUT2D eigenvalue weighted by atomic mass is 16.4. The second kappa shape index (κ2) is 21.1. The fourth-order valence-corrected chi connectivity index (χ4v) is 5.69. The maximum Gasteiger partial charge on any atom is 0.326 e. The maximum atomic E-state index is 14.0. The van der Waals surface area contributed by atoms with Crippen molar-refractivity contribution in [1.29, 1.82) is 0 Å². The number of nitrogens with two attached hydrogens (primary N) is 2. The van der Waals surface area contributed by atoms with E-state index in [1.165, 1.54) is 6.92 Å². The fraction of sp³-hybridized carbons (Fsp3) is 0.622. The van der Waals surface area contributed by atoms with E-state index in [1.54, 1.807) is 20.0 Å². The van der Waals surface area contributed by atoms with Crippen LogP contribution in [0.15, 0.2) is 30.5 Å². The molecule has 15 heteroatoms. The Labute approximate surface area is 306 Å². The van der Waals surface area contributed by atoms with Gasteiger partial charge in [-0.1, -0.05) is 66.2 Å². The lowest BCUT2D eigenvalue weighted by Crippen LogP contribution is -2.60. The van der Waals surface area contributed by atoms with Crippen molar-refractivity contribution in [1.82, 2.24) is 31.6 Å². The molecule has 0 aliphatic rings. The van der Waals surface area contributed by atoms with Gasteiger partial charge in [-0.2, -0.15) is 0 Å². The van der Waals surface area contributed by atoms with Crippen LogP contribution >= 0.6 is 0 Å². The van der Waals surface area contributed by atoms with Crippen molar-refractivity contribution in [2.45, 2.75) is 123 Å². The monoisotopic (exact) mass is 728 g/mol. The summed E-state index contributed by atoms with van der Waals surface area (Å²) in [5.41, 5.74) is 13.2. The average Bonchev–Trinajstić information content (AvgIpc) is 3.50. The van der Waals surface area contributed by atoms with E-state index >= 15 is 0 Å². The Morgan fingerprint density at radius 3 is 1.98 bits per heavy atom. The molecule has 0 fully saturated rings. The summed E-state index contributed by atoms with van der Waals surface area (Å²) in [5.74, 6) is -4.84. The van der Waals surface area contributed by atoms with Gasteiger partial charge in [-0.3, -0.25) is 24.0 Å². The number of fused-ring (bicyclic) bond motifs is 1. The van der Waals surface area contributed by atoms with Crippen molar-refractivity contribution in [3.05, 3.63) is 36.0 Å². The SMILES string of the molecule is CC[C@H](C)[C@H](N)C(=O)N[C@@H](C)C(=O)N[C@@H](Cc1c[nH]c2ccccc12)C(=O)N[C@@H](CC(C)C)C(=O)N[C@H](C(=O)N[C@@H](CCCCN)C(=O)O)C(C)C. The number of carboxylic acids is 1. The summed E-state index contributed by atoms with van der Waals surface area (Å²) in [6, 6.07) is 1.14. The Balaban J connectivity index is 2.33. The van der Waals surface area contributed by atoms with Gasteiger partial charge in [-0.25, -0.2) is 4.79 Å². The van der Waals surface area contributed by atoms with Gasteiger partial charge in [0.05, 0.1) is 6.04 Å². The predicted octanol–water partition coefficient (Wildman–Crippen LogP) is 1.44. The Bertz CT molecular complexity index is 1510. The van der Waals surface area contributed by atoms with Gasteiger partial charge in [0.25, 0.3) is 0 Å². The molecule has 0 spiro atoms. The van der Waals surface area contributed by atoms with E-state index in [0.717, 1.165) is 16.5 Å². The molecule has 1 aromatic carbocycles. The maximum absolute atomic E-state index is 14.0. The van der Waals surface area contributed by atoms with Crippen LogP contribution in [0.2, 0.25) is 0 Å². The molecule has 0 saturated carbocycles. The summed E-state index contributed by atoms with van der Waals surface area (Å²) in [6.45, 7) is 12.8. The Hall–Kier alpha value is -4.50. The minimum atomic E-state index is -1.19. The number of hydrogen-bond acceptors (Lipinski definition) is 8. The van der Waals surface area contributed by atoms with E-state index < -0.39 is 77.7 Å². The van der Waals surface area contributed by atoms with Gasteiger partial charge in [0.1, 0.15) is 30.2 Å². The molecule has 5 amide bonds. The molecule has 11 N–H and O–H groups in total. The first-order chi connectivity index (χ1) is 24.5. The van der Waals surface area contributed by atoms with Crippen LogP contribution in [0.4, 0.5) is 0 Å². The van der Waals surface area contributed by atoms with Gasteiger partial charge in [-0.15, -0.1) is 0 Å². The average molecular weight is 729 g/mol. The second-order valence-electron chi connectivity index (χ2n) is 14.4. The van der Waals surface area contributed by atoms with Crippen LogP contribution in [-0.4, -0.2) is 88.4 Å². The Morgan fingerprint density at radius 1 is 0.769 bits per heavy atom. The highest BCUT2D eigenvalue weighted by molar-refractivity contribution is 5.97. The number of benzene rings is 1. The summed E-state index contributed by atoms with van der Waals surface area (Å²) in [7, 11) is 0. The number of carboxylic acid groups (broad SMARTS) is 1. The lowest BCUT2D eigenvalue weighted by atomic mass is 9.98. The van der Waals surface area contributed by atoms with Crippen LogP contribution in [0.25, 0.3) is 10.9 Å². The number of H-pyrrole nitrogens is 1. The van der Waals surface area contributed by atoms with Crippen LogP contribution in [0.1, 0.15) is 86.1 Å². The minimum absolute atomic E-state index is 0.0579. The Kier molecular flexibility index (Phi) is 17.7. The zero-order chi connectivity index (χ0) is 39.1. The number of carbonyl (C=O) groups excluding carboxylic acids is 5. The number of aliphatic carboxylic acids is 1. The van der Waals surface area contributed by atoms with Crippen LogP contribution in [0.3, 0.4) is 0 Å². The molecule has 0 aliphatic carbocycles. The number of rotatable bonds is 22. The van der Waals surface area contributed by atoms with Crippen LogP contribution in [0, 0.1) is 17.8 Å². The van der Waals surface area contributed by atoms with Crippen LogP contribution in [-0.2, 0) is 35.2 Å². The molecule has 0 radical (unpaired) electrons. The van der Waals surface area contributed by atoms with E-state index in [9.17, 15) is 33.9 Å². The number of aromatic nitrogens is 1. The first-order valence-electron chi connectivity index (χ1n) is 18.3. The van der Waals surface area contributed by atoms with Crippen molar-refractivity contribution in [3.63, 3.8) is 0 Å². The number of unbranched alkanes of at least 4 members (excludes halogenated alkanes) is 1. The summed E-state index contributed by atoms with van der Waals surface area (Å²) in [4.78, 5) is 82.3. The molecule has 2 rings (SSSR count). The number of carbonyl (C=O) groups is 6. The second-order valence-corrected chi connectivity index (χ2v) is 14.4. The first kappa shape index (κ1) is 43.7. The molecule has 0 bridgehead atoms. The van der Waals surface area contributed by atoms with E-state index in [1.807, 2.05) is 52.0 Å². The van der Waals surface area contributed by atoms with E-state index in [0.29, 0.717) is 25.8 Å². The molecule has 290 valence electrons. The predicted molar refractivity (Wildman–Crippen MR) is 200 cm³/mol. The quantitative estimate of drug-likeness (QED) is 0.0795. The Morgan fingerprint density at radius 2 is 1.38 bits per heavy atom. The van der Waals surface area contributed by atoms with Gasteiger partial charge in [0.15, 0.2) is 0 Å². The highest BCUT2D eigenvalue weighted by Gasteiger charge is 2.34. The van der Waals surface area contributed by atoms with Crippen molar-refractivity contribution in [2.24, 2.45) is 29.2 Å². The topological polar surface area (TPSA) is 251 Å². The number of hydrogen-bond donors (Lipinski definition) is 9. The van der Waals surface area contributed by atoms with Gasteiger partial charge >= 0.3 is 5.97 Å². The molecule has 7 atom stereocenters. The largest absolute Gasteiger partial charge is 0.480 e. The van der Waals surface area contributed by atoms with Crippen molar-refractivity contribution in [2.75, 3.05) is 6.54 Å². The molecule has 0 saturated heterocycles. The summed E-state index contributed by atoms with van der Waals surface area (Å²) >= 11 is 0. The third-order valence-corrected chi connectivity index (χ3v) is 9.19. The molecule has 2 aromatic rings. The van der Waals surface area contributed by atoms with Crippen LogP contribution < -0.4 is 38.1 Å². The molecular weight excluding hydrogens is 668 g/mol. The lowest BCUT2D eigenvalue weighted by Gasteiger charge is -2.28. The number of para-hydroxylation sites is 1. The van der Waals surface area contributed by atoms with E-state index in [4.69, 9.17) is 11.5 Å². The third kappa shape index (κ3) is 13.2. The molecule has 0 aliphatic heterocycles. The summed E-state index contributed by atoms with van der Waals surface area (Å²) in [6.07, 6.45) is 3.96. The standard InChI is InChI=1S/C37H60N8O7/c1-8-22(6)30(39)35(49)41-23(7)32(46)43-29(18-24-19-40-26-14-10-9-13-25(24)26)33(47)44-28(17-20(2)3)34(48)45-31(21(4)5)36(50)42-27(37(51)52)15-11-12-16-38/h9-10,13-14,19-23,27-31,40H,8,11-12,15-18,38-39H2,1-7H3,(H,41,49)(H,42,50)(H,43,46)(H,44,47)(H,45,48)(H,51,52)/t22-,23-,27-,28-,29-,30-,31-/m0/s1. The normalized spacial score (nSPS) is 15.5. The number of nitrogens with one attached hydrogen (secondary N) is 6. The highest BCUT2D eigenvalue weighted by Crippen LogP contribution is 2.20. The van der Waals surface area contributed by atoms with Gasteiger partial charge in [0.2, 0.25) is 29.5 Å². The molecular formula is C37H60N8O7. The molecule has 52 heavy (non-hydrogen) atoms. The van der Waals surface area contributed by atoms with E-state index in [2.05, 4.69) is 31.6 Å². The first-order valence-corrected chi connectivity index (χ1v) is 18.3. The zero-order valence-corrected chi connectivity index (χ0v) is 31.6. The molecule has 1 heterocycles. The van der Waals surface area contributed by atoms with Crippen molar-refractivity contribution in [3.8, 4) is 0 Å². The molecule has 1 aromatic heterocycles. The fourth-order valence-electron chi connectivity index (χ4n) is 5.69. The summed E-state index contributed by atoms with van der Waals surface area (Å²) in [5, 5.41) is 23.9. The van der Waals surface area contributed by atoms with Crippen LogP contribution in [0.5, 0.6) is 0 Å². The van der Waals surface area contributed by atoms with E-state index in [-0.39, 0.29) is 31.1 Å².